The highest BCUT2D eigenvalue weighted by atomic mass is 16.3. The number of nitrogens with one attached hydrogen (secondary N) is 3. The molecule has 0 saturated carbocycles. The molecule has 1 unspecified atom stereocenters. The molecule has 1 aromatic rings. The molecule has 0 radical (unpaired) electrons. The van der Waals surface area contributed by atoms with Crippen molar-refractivity contribution >= 4 is 5.57 Å². The second-order valence-corrected chi connectivity index (χ2v) is 5.36. The summed E-state index contributed by atoms with van der Waals surface area (Å²) in [6.45, 7) is 4.53. The van der Waals surface area contributed by atoms with Crippen LogP contribution in [-0.4, -0.2) is 46.6 Å². The summed E-state index contributed by atoms with van der Waals surface area (Å²) in [5, 5.41) is 34.1. The van der Waals surface area contributed by atoms with Gasteiger partial charge < -0.3 is 20.8 Å². The Labute approximate surface area is 117 Å². The lowest BCUT2D eigenvalue weighted by Crippen LogP contribution is -2.37. The van der Waals surface area contributed by atoms with Crippen LogP contribution in [0.4, 0.5) is 0 Å². The van der Waals surface area contributed by atoms with Crippen molar-refractivity contribution in [2.45, 2.75) is 13.3 Å². The molecule has 0 amide bonds. The SMILES string of the molecule is Cc1c[nH]nc1C1=C(O)C(C2=C(O)CNCC2)CNC1. The highest BCUT2D eigenvalue weighted by Gasteiger charge is 2.30. The van der Waals surface area contributed by atoms with Crippen LogP contribution in [0.1, 0.15) is 17.7 Å². The van der Waals surface area contributed by atoms with E-state index < -0.39 is 0 Å². The molecule has 6 nitrogen and oxygen atoms in total. The predicted octanol–water partition coefficient (Wildman–Crippen LogP) is 1.01. The third kappa shape index (κ3) is 2.21. The zero-order valence-electron chi connectivity index (χ0n) is 11.5. The summed E-state index contributed by atoms with van der Waals surface area (Å²) in [4.78, 5) is 0. The smallest absolute Gasteiger partial charge is 0.107 e. The van der Waals surface area contributed by atoms with Crippen LogP contribution in [-0.2, 0) is 0 Å². The van der Waals surface area contributed by atoms with Gasteiger partial charge in [-0.1, -0.05) is 0 Å². The zero-order chi connectivity index (χ0) is 14.1. The van der Waals surface area contributed by atoms with Gasteiger partial charge in [0.1, 0.15) is 11.5 Å². The highest BCUT2D eigenvalue weighted by molar-refractivity contribution is 5.69. The predicted molar refractivity (Wildman–Crippen MR) is 76.4 cm³/mol. The first-order valence-corrected chi connectivity index (χ1v) is 6.93. The lowest BCUT2D eigenvalue weighted by Gasteiger charge is -2.30. The van der Waals surface area contributed by atoms with Gasteiger partial charge in [0.05, 0.1) is 18.2 Å². The van der Waals surface area contributed by atoms with E-state index in [2.05, 4.69) is 20.8 Å². The summed E-state index contributed by atoms with van der Waals surface area (Å²) in [5.41, 5.74) is 3.56. The van der Waals surface area contributed by atoms with E-state index in [0.29, 0.717) is 31.2 Å². The van der Waals surface area contributed by atoms with E-state index in [1.54, 1.807) is 0 Å². The third-order valence-electron chi connectivity index (χ3n) is 4.06. The number of aromatic amines is 1. The molecule has 0 aliphatic carbocycles. The van der Waals surface area contributed by atoms with Crippen molar-refractivity contribution in [3.05, 3.63) is 34.5 Å². The van der Waals surface area contributed by atoms with Crippen molar-refractivity contribution in [2.24, 2.45) is 5.92 Å². The van der Waals surface area contributed by atoms with Gasteiger partial charge in [0.2, 0.25) is 0 Å². The number of aryl methyl sites for hydroxylation is 1. The highest BCUT2D eigenvalue weighted by Crippen LogP contribution is 2.32. The Kier molecular flexibility index (Phi) is 3.50. The van der Waals surface area contributed by atoms with Crippen LogP contribution in [0.25, 0.3) is 5.57 Å². The van der Waals surface area contributed by atoms with Crippen molar-refractivity contribution in [1.29, 1.82) is 0 Å². The molecule has 1 aromatic heterocycles. The molecule has 0 bridgehead atoms. The molecule has 108 valence electrons. The van der Waals surface area contributed by atoms with Crippen LogP contribution < -0.4 is 10.6 Å². The summed E-state index contributed by atoms with van der Waals surface area (Å²) in [7, 11) is 0. The second-order valence-electron chi connectivity index (χ2n) is 5.36. The second kappa shape index (κ2) is 5.30. The molecule has 3 heterocycles. The lowest BCUT2D eigenvalue weighted by atomic mass is 9.86. The monoisotopic (exact) mass is 276 g/mol. The Morgan fingerprint density at radius 1 is 1.25 bits per heavy atom. The normalized spacial score (nSPS) is 24.4. The van der Waals surface area contributed by atoms with Crippen LogP contribution in [0, 0.1) is 12.8 Å². The molecule has 1 atom stereocenters. The van der Waals surface area contributed by atoms with E-state index in [4.69, 9.17) is 0 Å². The van der Waals surface area contributed by atoms with Gasteiger partial charge in [0.25, 0.3) is 0 Å². The maximum absolute atomic E-state index is 10.6. The number of hydrogen-bond acceptors (Lipinski definition) is 5. The van der Waals surface area contributed by atoms with Gasteiger partial charge in [-0.25, -0.2) is 0 Å². The number of aliphatic hydroxyl groups is 2. The molecular formula is C14H20N4O2. The minimum absolute atomic E-state index is 0.156. The molecule has 20 heavy (non-hydrogen) atoms. The molecule has 6 heteroatoms. The van der Waals surface area contributed by atoms with Crippen LogP contribution in [0.2, 0.25) is 0 Å². The van der Waals surface area contributed by atoms with Crippen molar-refractivity contribution in [2.75, 3.05) is 26.2 Å². The van der Waals surface area contributed by atoms with Gasteiger partial charge in [-0.3, -0.25) is 5.10 Å². The summed E-state index contributed by atoms with van der Waals surface area (Å²) in [6.07, 6.45) is 2.58. The number of H-pyrrole nitrogens is 1. The van der Waals surface area contributed by atoms with Gasteiger partial charge in [0, 0.05) is 24.9 Å². The summed E-state index contributed by atoms with van der Waals surface area (Å²) in [6, 6.07) is 0. The number of aromatic nitrogens is 2. The molecule has 2 aliphatic rings. The van der Waals surface area contributed by atoms with E-state index in [-0.39, 0.29) is 5.92 Å². The molecule has 0 saturated heterocycles. The molecule has 3 rings (SSSR count). The van der Waals surface area contributed by atoms with Gasteiger partial charge in [0.15, 0.2) is 0 Å². The van der Waals surface area contributed by atoms with Crippen LogP contribution >= 0.6 is 0 Å². The van der Waals surface area contributed by atoms with Crippen molar-refractivity contribution < 1.29 is 10.2 Å². The molecule has 0 spiro atoms. The van der Waals surface area contributed by atoms with Crippen molar-refractivity contribution in [3.8, 4) is 0 Å². The fourth-order valence-corrected chi connectivity index (χ4v) is 2.95. The van der Waals surface area contributed by atoms with E-state index in [9.17, 15) is 10.2 Å². The number of hydrogen-bond donors (Lipinski definition) is 5. The van der Waals surface area contributed by atoms with E-state index in [1.165, 1.54) is 0 Å². The standard InChI is InChI=1S/C14H20N4O2/c1-8-4-17-18-13(8)11-6-16-5-10(14(11)20)9-2-3-15-7-12(9)19/h4,10,15-16,19-20H,2-3,5-7H2,1H3,(H,17,18). The van der Waals surface area contributed by atoms with Crippen molar-refractivity contribution in [1.82, 2.24) is 20.8 Å². The lowest BCUT2D eigenvalue weighted by molar-refractivity contribution is 0.304. The quantitative estimate of drug-likeness (QED) is 0.556. The average Bonchev–Trinajstić information content (AvgIpc) is 2.86. The molecular weight excluding hydrogens is 256 g/mol. The number of rotatable bonds is 2. The van der Waals surface area contributed by atoms with Crippen LogP contribution in [0.5, 0.6) is 0 Å². The first-order chi connectivity index (χ1) is 9.68. The van der Waals surface area contributed by atoms with Gasteiger partial charge in [-0.15, -0.1) is 0 Å². The maximum atomic E-state index is 10.6. The Morgan fingerprint density at radius 2 is 2.10 bits per heavy atom. The first-order valence-electron chi connectivity index (χ1n) is 6.93. The summed E-state index contributed by atoms with van der Waals surface area (Å²) < 4.78 is 0. The fraction of sp³-hybridized carbons (Fsp3) is 0.500. The molecule has 0 aromatic carbocycles. The Hall–Kier alpha value is -1.79. The Bertz CT molecular complexity index is 573. The van der Waals surface area contributed by atoms with E-state index in [1.807, 2.05) is 13.1 Å². The minimum atomic E-state index is -0.156. The van der Waals surface area contributed by atoms with Crippen molar-refractivity contribution in [3.63, 3.8) is 0 Å². The molecule has 5 N–H and O–H groups in total. The van der Waals surface area contributed by atoms with Gasteiger partial charge in [-0.05, 0) is 31.0 Å². The average molecular weight is 276 g/mol. The minimum Gasteiger partial charge on any atom is -0.511 e. The van der Waals surface area contributed by atoms with Crippen LogP contribution in [0.3, 0.4) is 0 Å². The molecule has 0 fully saturated rings. The fourth-order valence-electron chi connectivity index (χ4n) is 2.95. The summed E-state index contributed by atoms with van der Waals surface area (Å²) >= 11 is 0. The Morgan fingerprint density at radius 3 is 2.80 bits per heavy atom. The van der Waals surface area contributed by atoms with E-state index in [0.717, 1.165) is 35.4 Å². The molecule has 2 aliphatic heterocycles. The third-order valence-corrected chi connectivity index (χ3v) is 4.06. The van der Waals surface area contributed by atoms with E-state index >= 15 is 0 Å². The van der Waals surface area contributed by atoms with Crippen LogP contribution in [0.15, 0.2) is 23.3 Å². The maximum Gasteiger partial charge on any atom is 0.107 e. The first kappa shape index (κ1) is 13.2. The largest absolute Gasteiger partial charge is 0.511 e. The number of aliphatic hydroxyl groups excluding tert-OH is 2. The van der Waals surface area contributed by atoms with Gasteiger partial charge >= 0.3 is 0 Å². The number of nitrogens with zero attached hydrogens (tertiary/aromatic N) is 1. The Balaban J connectivity index is 1.99. The summed E-state index contributed by atoms with van der Waals surface area (Å²) in [5.74, 6) is 0.536. The zero-order valence-corrected chi connectivity index (χ0v) is 11.5. The topological polar surface area (TPSA) is 93.2 Å². The van der Waals surface area contributed by atoms with Gasteiger partial charge in [-0.2, -0.15) is 5.10 Å².